The van der Waals surface area contributed by atoms with Crippen molar-refractivity contribution < 1.29 is 13.9 Å². The predicted octanol–water partition coefficient (Wildman–Crippen LogP) is 3.56. The number of carbonyl (C=O) groups is 1. The zero-order valence-electron chi connectivity index (χ0n) is 17.1. The number of nitriles is 3. The Hall–Kier alpha value is -3.77. The molecule has 0 atom stereocenters. The minimum atomic E-state index is -0.607. The van der Waals surface area contributed by atoms with Gasteiger partial charge in [-0.2, -0.15) is 15.8 Å². The molecule has 30 heavy (non-hydrogen) atoms. The lowest BCUT2D eigenvalue weighted by Gasteiger charge is -2.35. The third-order valence-electron chi connectivity index (χ3n) is 4.38. The van der Waals surface area contributed by atoms with Crippen LogP contribution in [0.1, 0.15) is 33.6 Å². The third kappa shape index (κ3) is 5.86. The van der Waals surface area contributed by atoms with Gasteiger partial charge in [-0.05, 0) is 45.7 Å². The van der Waals surface area contributed by atoms with Gasteiger partial charge in [-0.25, -0.2) is 9.18 Å². The number of piperidine rings is 1. The number of rotatable bonds is 4. The topological polar surface area (TPSA) is 125 Å². The summed E-state index contributed by atoms with van der Waals surface area (Å²) in [6.45, 7) is 6.45. The Morgan fingerprint density at radius 2 is 1.80 bits per heavy atom. The SMILES string of the molecule is CC(C)(C)OC(=O)NC1CCN(c2cccc(F)c2NC(C#N)=C(C#N)C#N)CC1. The molecule has 1 aromatic rings. The highest BCUT2D eigenvalue weighted by Gasteiger charge is 2.25. The van der Waals surface area contributed by atoms with Crippen molar-refractivity contribution in [1.82, 2.24) is 5.32 Å². The van der Waals surface area contributed by atoms with Gasteiger partial charge in [0.25, 0.3) is 0 Å². The zero-order valence-corrected chi connectivity index (χ0v) is 17.1. The first-order valence-electron chi connectivity index (χ1n) is 9.43. The van der Waals surface area contributed by atoms with Gasteiger partial charge in [0.2, 0.25) is 0 Å². The number of nitrogens with zero attached hydrogens (tertiary/aromatic N) is 4. The Labute approximate surface area is 175 Å². The van der Waals surface area contributed by atoms with Crippen LogP contribution in [0.2, 0.25) is 0 Å². The number of allylic oxidation sites excluding steroid dienone is 2. The van der Waals surface area contributed by atoms with Crippen LogP contribution in [0.3, 0.4) is 0 Å². The number of para-hydroxylation sites is 1. The highest BCUT2D eigenvalue weighted by Crippen LogP contribution is 2.32. The molecule has 2 rings (SSSR count). The minimum absolute atomic E-state index is 0.0237. The highest BCUT2D eigenvalue weighted by atomic mass is 19.1. The van der Waals surface area contributed by atoms with Crippen LogP contribution in [0.15, 0.2) is 29.5 Å². The maximum absolute atomic E-state index is 14.5. The summed E-state index contributed by atoms with van der Waals surface area (Å²) in [6, 6.07) is 9.39. The fraction of sp³-hybridized carbons (Fsp3) is 0.429. The molecular weight excluding hydrogens is 387 g/mol. The summed E-state index contributed by atoms with van der Waals surface area (Å²) in [5.41, 5.74) is -0.783. The standard InChI is InChI=1S/C21H23FN6O2/c1-21(2,3)30-20(29)26-15-7-9-28(10-8-15)18-6-4-5-16(22)19(18)27-17(13-25)14(11-23)12-24/h4-6,15,27H,7-10H2,1-3H3,(H,26,29). The molecule has 0 spiro atoms. The fourth-order valence-electron chi connectivity index (χ4n) is 3.05. The van der Waals surface area contributed by atoms with E-state index in [0.29, 0.717) is 31.6 Å². The number of nitrogens with one attached hydrogen (secondary N) is 2. The molecule has 2 N–H and O–H groups in total. The number of benzene rings is 1. The molecule has 1 aliphatic heterocycles. The molecule has 9 heteroatoms. The van der Waals surface area contributed by atoms with Gasteiger partial charge < -0.3 is 20.3 Å². The summed E-state index contributed by atoms with van der Waals surface area (Å²) in [5, 5.41) is 32.7. The van der Waals surface area contributed by atoms with Crippen LogP contribution in [0, 0.1) is 39.8 Å². The molecule has 0 saturated carbocycles. The van der Waals surface area contributed by atoms with Crippen LogP contribution in [-0.2, 0) is 4.74 Å². The van der Waals surface area contributed by atoms with Crippen molar-refractivity contribution in [3.05, 3.63) is 35.3 Å². The van der Waals surface area contributed by atoms with Gasteiger partial charge in [0.15, 0.2) is 5.57 Å². The van der Waals surface area contributed by atoms with Crippen molar-refractivity contribution in [2.75, 3.05) is 23.3 Å². The monoisotopic (exact) mass is 410 g/mol. The van der Waals surface area contributed by atoms with E-state index < -0.39 is 23.1 Å². The molecule has 156 valence electrons. The van der Waals surface area contributed by atoms with Gasteiger partial charge >= 0.3 is 6.09 Å². The van der Waals surface area contributed by atoms with E-state index >= 15 is 0 Å². The lowest BCUT2D eigenvalue weighted by atomic mass is 10.0. The molecule has 1 saturated heterocycles. The Morgan fingerprint density at radius 3 is 2.33 bits per heavy atom. The second kappa shape index (κ2) is 9.62. The van der Waals surface area contributed by atoms with Crippen LogP contribution in [-0.4, -0.2) is 30.8 Å². The van der Waals surface area contributed by atoms with Crippen molar-refractivity contribution in [1.29, 1.82) is 15.8 Å². The number of hydrogen-bond acceptors (Lipinski definition) is 7. The maximum Gasteiger partial charge on any atom is 0.407 e. The van der Waals surface area contributed by atoms with Crippen molar-refractivity contribution in [2.45, 2.75) is 45.3 Å². The molecule has 1 amide bonds. The van der Waals surface area contributed by atoms with Crippen LogP contribution in [0.5, 0.6) is 0 Å². The van der Waals surface area contributed by atoms with Gasteiger partial charge in [-0.1, -0.05) is 6.07 Å². The number of amides is 1. The number of alkyl carbamates (subject to hydrolysis) is 1. The van der Waals surface area contributed by atoms with E-state index in [2.05, 4.69) is 10.6 Å². The summed E-state index contributed by atoms with van der Waals surface area (Å²) in [4.78, 5) is 13.9. The van der Waals surface area contributed by atoms with E-state index in [4.69, 9.17) is 15.3 Å². The zero-order chi connectivity index (χ0) is 22.3. The van der Waals surface area contributed by atoms with Crippen molar-refractivity contribution >= 4 is 17.5 Å². The molecule has 1 fully saturated rings. The lowest BCUT2D eigenvalue weighted by Crippen LogP contribution is -2.46. The van der Waals surface area contributed by atoms with Crippen molar-refractivity contribution in [3.63, 3.8) is 0 Å². The number of hydrogen-bond donors (Lipinski definition) is 2. The molecular formula is C21H23FN6O2. The van der Waals surface area contributed by atoms with Crippen LogP contribution >= 0.6 is 0 Å². The normalized spacial score (nSPS) is 14.0. The summed E-state index contributed by atoms with van der Waals surface area (Å²) in [7, 11) is 0. The summed E-state index contributed by atoms with van der Waals surface area (Å²) in [5.74, 6) is -0.607. The first-order chi connectivity index (χ1) is 14.2. The van der Waals surface area contributed by atoms with Crippen LogP contribution in [0.25, 0.3) is 0 Å². The number of carbonyl (C=O) groups excluding carboxylic acids is 1. The average Bonchev–Trinajstić information content (AvgIpc) is 2.68. The molecule has 0 unspecified atom stereocenters. The fourth-order valence-corrected chi connectivity index (χ4v) is 3.05. The molecule has 0 radical (unpaired) electrons. The second-order valence-corrected chi connectivity index (χ2v) is 7.75. The first kappa shape index (κ1) is 22.5. The van der Waals surface area contributed by atoms with E-state index in [0.717, 1.165) is 0 Å². The summed E-state index contributed by atoms with van der Waals surface area (Å²) < 4.78 is 19.8. The summed E-state index contributed by atoms with van der Waals surface area (Å²) in [6.07, 6.45) is 0.772. The lowest BCUT2D eigenvalue weighted by molar-refractivity contribution is 0.0497. The minimum Gasteiger partial charge on any atom is -0.444 e. The number of halogens is 1. The molecule has 8 nitrogen and oxygen atoms in total. The molecule has 1 aromatic carbocycles. The van der Waals surface area contributed by atoms with E-state index in [1.54, 1.807) is 51.1 Å². The van der Waals surface area contributed by atoms with Gasteiger partial charge in [0.1, 0.15) is 35.3 Å². The van der Waals surface area contributed by atoms with E-state index in [1.165, 1.54) is 6.07 Å². The maximum atomic E-state index is 14.5. The molecule has 1 aliphatic rings. The van der Waals surface area contributed by atoms with Gasteiger partial charge in [0, 0.05) is 19.1 Å². The van der Waals surface area contributed by atoms with Crippen molar-refractivity contribution in [3.8, 4) is 18.2 Å². The van der Waals surface area contributed by atoms with E-state index in [1.807, 2.05) is 4.90 Å². The number of anilines is 2. The third-order valence-corrected chi connectivity index (χ3v) is 4.38. The molecule has 1 heterocycles. The van der Waals surface area contributed by atoms with E-state index in [9.17, 15) is 14.4 Å². The average molecular weight is 410 g/mol. The van der Waals surface area contributed by atoms with Gasteiger partial charge in [-0.3, -0.25) is 0 Å². The molecule has 0 aromatic heterocycles. The van der Waals surface area contributed by atoms with E-state index in [-0.39, 0.29) is 17.4 Å². The largest absolute Gasteiger partial charge is 0.444 e. The van der Waals surface area contributed by atoms with Gasteiger partial charge in [-0.15, -0.1) is 0 Å². The van der Waals surface area contributed by atoms with Gasteiger partial charge in [0.05, 0.1) is 11.4 Å². The Bertz CT molecular complexity index is 938. The summed E-state index contributed by atoms with van der Waals surface area (Å²) >= 11 is 0. The Morgan fingerprint density at radius 1 is 1.17 bits per heavy atom. The Balaban J connectivity index is 2.14. The highest BCUT2D eigenvalue weighted by molar-refractivity contribution is 5.75. The van der Waals surface area contributed by atoms with Crippen molar-refractivity contribution in [2.24, 2.45) is 0 Å². The quantitative estimate of drug-likeness (QED) is 0.727. The Kier molecular flexibility index (Phi) is 7.22. The number of ether oxygens (including phenoxy) is 1. The van der Waals surface area contributed by atoms with Crippen LogP contribution in [0.4, 0.5) is 20.6 Å². The smallest absolute Gasteiger partial charge is 0.407 e. The first-order valence-corrected chi connectivity index (χ1v) is 9.43. The molecule has 0 aliphatic carbocycles. The van der Waals surface area contributed by atoms with Crippen LogP contribution < -0.4 is 15.5 Å². The molecule has 0 bridgehead atoms. The second-order valence-electron chi connectivity index (χ2n) is 7.75. The predicted molar refractivity (Wildman–Crippen MR) is 108 cm³/mol.